The van der Waals surface area contributed by atoms with Gasteiger partial charge in [-0.25, -0.2) is 0 Å². The number of para-hydroxylation sites is 1. The maximum Gasteiger partial charge on any atom is 0.138 e. The summed E-state index contributed by atoms with van der Waals surface area (Å²) >= 11 is 5.77. The lowest BCUT2D eigenvalue weighted by atomic mass is 10.0. The number of halogens is 2. The Morgan fingerprint density at radius 2 is 2.20 bits per heavy atom. The topological polar surface area (TPSA) is 46.2 Å². The summed E-state index contributed by atoms with van der Waals surface area (Å²) in [7, 11) is 0. The zero-order valence-corrected chi connectivity index (χ0v) is 9.89. The van der Waals surface area contributed by atoms with Crippen LogP contribution in [0, 0.1) is 0 Å². The number of rotatable bonds is 4. The quantitative estimate of drug-likeness (QED) is 0.802. The van der Waals surface area contributed by atoms with Crippen molar-refractivity contribution in [2.45, 2.75) is 18.9 Å². The van der Waals surface area contributed by atoms with Gasteiger partial charge in [0.1, 0.15) is 5.75 Å². The summed E-state index contributed by atoms with van der Waals surface area (Å²) in [6.07, 6.45) is 3.39. The van der Waals surface area contributed by atoms with Gasteiger partial charge in [0.2, 0.25) is 0 Å². The second-order valence-electron chi connectivity index (χ2n) is 3.15. The van der Waals surface area contributed by atoms with Gasteiger partial charge in [-0.2, -0.15) is 0 Å². The van der Waals surface area contributed by atoms with Gasteiger partial charge in [0.15, 0.2) is 0 Å². The van der Waals surface area contributed by atoms with E-state index in [4.69, 9.17) is 17.3 Å². The summed E-state index contributed by atoms with van der Waals surface area (Å²) in [5.74, 6) is 0.0886. The first-order valence-corrected chi connectivity index (χ1v) is 4.88. The molecule has 15 heavy (non-hydrogen) atoms. The van der Waals surface area contributed by atoms with Crippen LogP contribution in [0.5, 0.6) is 5.75 Å². The van der Waals surface area contributed by atoms with E-state index in [1.807, 2.05) is 0 Å². The summed E-state index contributed by atoms with van der Waals surface area (Å²) in [6.45, 7) is 3.62. The Kier molecular flexibility index (Phi) is 6.41. The zero-order valence-electron chi connectivity index (χ0n) is 8.32. The van der Waals surface area contributed by atoms with E-state index in [1.54, 1.807) is 24.3 Å². The molecule has 0 unspecified atom stereocenters. The minimum absolute atomic E-state index is 0. The van der Waals surface area contributed by atoms with Gasteiger partial charge in [0.05, 0.1) is 5.02 Å². The molecule has 1 atom stereocenters. The fourth-order valence-corrected chi connectivity index (χ4v) is 1.47. The molecular weight excluding hydrogens is 233 g/mol. The highest BCUT2D eigenvalue weighted by atomic mass is 35.5. The minimum Gasteiger partial charge on any atom is -0.506 e. The number of benzene rings is 1. The van der Waals surface area contributed by atoms with E-state index in [0.29, 0.717) is 10.6 Å². The molecule has 0 amide bonds. The number of phenols is 1. The van der Waals surface area contributed by atoms with E-state index < -0.39 is 0 Å². The lowest BCUT2D eigenvalue weighted by Gasteiger charge is -2.13. The van der Waals surface area contributed by atoms with Crippen LogP contribution in [0.4, 0.5) is 0 Å². The molecular formula is C11H15Cl2NO. The van der Waals surface area contributed by atoms with Crippen molar-refractivity contribution in [2.24, 2.45) is 5.73 Å². The van der Waals surface area contributed by atoms with Crippen LogP contribution < -0.4 is 5.73 Å². The fourth-order valence-electron chi connectivity index (χ4n) is 1.28. The Balaban J connectivity index is 0.00000196. The molecule has 0 fully saturated rings. The Morgan fingerprint density at radius 1 is 1.53 bits per heavy atom. The molecule has 0 saturated heterocycles. The number of hydrogen-bond acceptors (Lipinski definition) is 2. The Labute approximate surface area is 101 Å². The van der Waals surface area contributed by atoms with Crippen LogP contribution in [0.25, 0.3) is 0 Å². The van der Waals surface area contributed by atoms with E-state index in [-0.39, 0.29) is 24.2 Å². The predicted molar refractivity (Wildman–Crippen MR) is 66.7 cm³/mol. The molecule has 0 bridgehead atoms. The van der Waals surface area contributed by atoms with Crippen molar-refractivity contribution in [3.8, 4) is 5.75 Å². The zero-order chi connectivity index (χ0) is 10.6. The van der Waals surface area contributed by atoms with Gasteiger partial charge in [0.25, 0.3) is 0 Å². The molecule has 3 N–H and O–H groups in total. The van der Waals surface area contributed by atoms with E-state index in [1.165, 1.54) is 0 Å². The van der Waals surface area contributed by atoms with Crippen LogP contribution in [0.1, 0.15) is 24.4 Å². The maximum atomic E-state index is 9.63. The maximum absolute atomic E-state index is 9.63. The number of nitrogens with two attached hydrogens (primary N) is 1. The van der Waals surface area contributed by atoms with Crippen LogP contribution >= 0.6 is 24.0 Å². The van der Waals surface area contributed by atoms with Gasteiger partial charge >= 0.3 is 0 Å². The first-order valence-electron chi connectivity index (χ1n) is 4.50. The van der Waals surface area contributed by atoms with Crippen LogP contribution in [-0.4, -0.2) is 5.11 Å². The summed E-state index contributed by atoms with van der Waals surface area (Å²) in [4.78, 5) is 0. The molecule has 0 aliphatic carbocycles. The largest absolute Gasteiger partial charge is 0.506 e. The molecule has 0 aliphatic heterocycles. The summed E-state index contributed by atoms with van der Waals surface area (Å²) < 4.78 is 0. The molecule has 4 heteroatoms. The molecule has 2 nitrogen and oxygen atoms in total. The molecule has 0 heterocycles. The van der Waals surface area contributed by atoms with Gasteiger partial charge in [-0.05, 0) is 18.9 Å². The molecule has 0 aromatic heterocycles. The van der Waals surface area contributed by atoms with Crippen molar-refractivity contribution in [3.63, 3.8) is 0 Å². The molecule has 84 valence electrons. The van der Waals surface area contributed by atoms with Crippen molar-refractivity contribution in [2.75, 3.05) is 0 Å². The van der Waals surface area contributed by atoms with Crippen LogP contribution in [0.2, 0.25) is 5.02 Å². The van der Waals surface area contributed by atoms with E-state index in [2.05, 4.69) is 6.58 Å². The number of phenolic OH excluding ortho intramolecular Hbond substituents is 1. The lowest BCUT2D eigenvalue weighted by molar-refractivity contribution is 0.459. The third-order valence-corrected chi connectivity index (χ3v) is 2.40. The predicted octanol–water partition coefficient (Wildman–Crippen LogP) is 3.43. The van der Waals surface area contributed by atoms with Gasteiger partial charge < -0.3 is 10.8 Å². The van der Waals surface area contributed by atoms with Crippen molar-refractivity contribution in [1.82, 2.24) is 0 Å². The summed E-state index contributed by atoms with van der Waals surface area (Å²) in [6, 6.07) is 5.02. The van der Waals surface area contributed by atoms with Crippen LogP contribution in [0.3, 0.4) is 0 Å². The number of hydrogen-bond donors (Lipinski definition) is 2. The molecule has 1 rings (SSSR count). The van der Waals surface area contributed by atoms with Gasteiger partial charge in [0, 0.05) is 11.6 Å². The first kappa shape index (κ1) is 14.3. The Bertz CT molecular complexity index is 328. The SMILES string of the molecule is C=CCC[C@@H](N)c1cccc(Cl)c1O.Cl. The van der Waals surface area contributed by atoms with Gasteiger partial charge in [-0.3, -0.25) is 0 Å². The van der Waals surface area contributed by atoms with Gasteiger partial charge in [-0.1, -0.05) is 29.8 Å². The van der Waals surface area contributed by atoms with Crippen LogP contribution in [-0.2, 0) is 0 Å². The van der Waals surface area contributed by atoms with E-state index in [0.717, 1.165) is 12.8 Å². The first-order chi connectivity index (χ1) is 6.66. The van der Waals surface area contributed by atoms with E-state index >= 15 is 0 Å². The molecule has 0 aliphatic rings. The normalized spacial score (nSPS) is 11.6. The monoisotopic (exact) mass is 247 g/mol. The minimum atomic E-state index is -0.188. The van der Waals surface area contributed by atoms with Crippen molar-refractivity contribution < 1.29 is 5.11 Å². The highest BCUT2D eigenvalue weighted by Gasteiger charge is 2.11. The third-order valence-electron chi connectivity index (χ3n) is 2.10. The average Bonchev–Trinajstić information content (AvgIpc) is 2.18. The van der Waals surface area contributed by atoms with Crippen molar-refractivity contribution in [1.29, 1.82) is 0 Å². The summed E-state index contributed by atoms with van der Waals surface area (Å²) in [5.41, 5.74) is 6.58. The van der Waals surface area contributed by atoms with Crippen molar-refractivity contribution >= 4 is 24.0 Å². The highest BCUT2D eigenvalue weighted by molar-refractivity contribution is 6.32. The second kappa shape index (κ2) is 6.72. The smallest absolute Gasteiger partial charge is 0.138 e. The molecule has 1 aromatic rings. The molecule has 0 saturated carbocycles. The Morgan fingerprint density at radius 3 is 2.80 bits per heavy atom. The summed E-state index contributed by atoms with van der Waals surface area (Å²) in [5, 5.41) is 9.97. The second-order valence-corrected chi connectivity index (χ2v) is 3.56. The molecule has 1 aromatic carbocycles. The molecule has 0 spiro atoms. The number of allylic oxidation sites excluding steroid dienone is 1. The number of aromatic hydroxyl groups is 1. The van der Waals surface area contributed by atoms with E-state index in [9.17, 15) is 5.11 Å². The highest BCUT2D eigenvalue weighted by Crippen LogP contribution is 2.31. The third kappa shape index (κ3) is 3.74. The average molecular weight is 248 g/mol. The van der Waals surface area contributed by atoms with Crippen LogP contribution in [0.15, 0.2) is 30.9 Å². The lowest BCUT2D eigenvalue weighted by Crippen LogP contribution is -2.09. The van der Waals surface area contributed by atoms with Crippen molar-refractivity contribution in [3.05, 3.63) is 41.4 Å². The fraction of sp³-hybridized carbons (Fsp3) is 0.273. The molecule has 0 radical (unpaired) electrons. The Hall–Kier alpha value is -0.700. The standard InChI is InChI=1S/C11H14ClNO.ClH/c1-2-3-7-10(13)8-5-4-6-9(12)11(8)14;/h2,4-6,10,14H,1,3,7,13H2;1H/t10-;/m1./s1. The van der Waals surface area contributed by atoms with Gasteiger partial charge in [-0.15, -0.1) is 19.0 Å².